The smallest absolute Gasteiger partial charge is 0.310 e. The number of hydrogen-bond donors (Lipinski definition) is 2. The van der Waals surface area contributed by atoms with Crippen LogP contribution in [0.3, 0.4) is 0 Å². The van der Waals surface area contributed by atoms with Crippen LogP contribution in [-0.2, 0) is 63.9 Å². The van der Waals surface area contributed by atoms with Gasteiger partial charge in [-0.25, -0.2) is 0 Å². The highest BCUT2D eigenvalue weighted by Crippen LogP contribution is 2.22. The molecule has 3 fully saturated rings. The number of amides is 2. The van der Waals surface area contributed by atoms with Gasteiger partial charge in [0.1, 0.15) is 0 Å². The topological polar surface area (TPSA) is 174 Å². The fourth-order valence-electron chi connectivity index (χ4n) is 7.67. The van der Waals surface area contributed by atoms with Crippen molar-refractivity contribution in [1.29, 1.82) is 0 Å². The second-order valence-corrected chi connectivity index (χ2v) is 15.3. The SMILES string of the molecule is O=C(O)Cc1ccc(CC(=O)OCCC2CCN(CC(=O)N3CCN(C(=O)CN4CCC(CCOC(=O)Cc5ccc(CC(=O)O)cc5)CC4)CC3)CC2)cc1. The van der Waals surface area contributed by atoms with Crippen molar-refractivity contribution in [3.8, 4) is 0 Å². The number of benzene rings is 2. The third-order valence-corrected chi connectivity index (χ3v) is 11.1. The summed E-state index contributed by atoms with van der Waals surface area (Å²) in [5.41, 5.74) is 2.96. The molecule has 0 unspecified atom stereocenters. The average Bonchev–Trinajstić information content (AvgIpc) is 3.17. The molecule has 0 radical (unpaired) electrons. The van der Waals surface area contributed by atoms with Crippen molar-refractivity contribution in [2.75, 3.05) is 78.7 Å². The molecule has 3 heterocycles. The maximum Gasteiger partial charge on any atom is 0.310 e. The van der Waals surface area contributed by atoms with Crippen LogP contribution in [0.2, 0.25) is 0 Å². The standard InChI is InChI=1S/C42H56N4O10/c47-37(29-43-15-9-31(10-16-43)13-23-55-41(53)27-35-5-1-33(2-6-35)25-39(49)50)45-19-21-46(22-20-45)38(48)30-44-17-11-32(12-18-44)14-24-56-42(54)28-36-7-3-34(4-8-36)26-40(51)52/h1-8,31-32H,9-30H2,(H,49,50)(H,51,52). The van der Waals surface area contributed by atoms with Gasteiger partial charge in [0.15, 0.2) is 0 Å². The largest absolute Gasteiger partial charge is 0.481 e. The summed E-state index contributed by atoms with van der Waals surface area (Å²) in [6.07, 6.45) is 5.55. The van der Waals surface area contributed by atoms with Crippen LogP contribution in [0.1, 0.15) is 60.8 Å². The number of nitrogens with zero attached hydrogens (tertiary/aromatic N) is 4. The summed E-state index contributed by atoms with van der Waals surface area (Å²) in [5, 5.41) is 17.8. The highest BCUT2D eigenvalue weighted by Gasteiger charge is 2.29. The minimum atomic E-state index is -0.893. The molecule has 14 heteroatoms. The Balaban J connectivity index is 0.877. The van der Waals surface area contributed by atoms with Crippen LogP contribution < -0.4 is 0 Å². The lowest BCUT2D eigenvalue weighted by atomic mass is 9.94. The molecule has 2 aromatic carbocycles. The van der Waals surface area contributed by atoms with E-state index in [2.05, 4.69) is 9.80 Å². The molecule has 0 bridgehead atoms. The van der Waals surface area contributed by atoms with Crippen molar-refractivity contribution in [2.45, 2.75) is 64.2 Å². The first-order valence-electron chi connectivity index (χ1n) is 19.9. The van der Waals surface area contributed by atoms with E-state index in [1.807, 2.05) is 9.80 Å². The van der Waals surface area contributed by atoms with Gasteiger partial charge in [-0.2, -0.15) is 0 Å². The molecule has 3 aliphatic heterocycles. The summed E-state index contributed by atoms with van der Waals surface area (Å²) in [5.74, 6) is -1.32. The molecule has 3 saturated heterocycles. The number of ether oxygens (including phenoxy) is 2. The molecule has 0 aliphatic carbocycles. The Labute approximate surface area is 328 Å². The van der Waals surface area contributed by atoms with Crippen LogP contribution in [-0.4, -0.2) is 144 Å². The van der Waals surface area contributed by atoms with Gasteiger partial charge in [-0.1, -0.05) is 48.5 Å². The van der Waals surface area contributed by atoms with E-state index < -0.39 is 11.9 Å². The van der Waals surface area contributed by atoms with E-state index in [0.29, 0.717) is 75.4 Å². The van der Waals surface area contributed by atoms with Gasteiger partial charge in [0.25, 0.3) is 0 Å². The summed E-state index contributed by atoms with van der Waals surface area (Å²) in [4.78, 5) is 80.6. The molecule has 0 saturated carbocycles. The van der Waals surface area contributed by atoms with E-state index in [-0.39, 0.29) is 49.4 Å². The predicted octanol–water partition coefficient (Wildman–Crippen LogP) is 2.69. The molecule has 5 rings (SSSR count). The predicted molar refractivity (Wildman–Crippen MR) is 206 cm³/mol. The number of carbonyl (C=O) groups excluding carboxylic acids is 4. The van der Waals surface area contributed by atoms with Crippen molar-refractivity contribution in [3.05, 3.63) is 70.8 Å². The van der Waals surface area contributed by atoms with Gasteiger partial charge in [0.05, 0.1) is 52.0 Å². The van der Waals surface area contributed by atoms with Gasteiger partial charge in [-0.15, -0.1) is 0 Å². The number of piperazine rings is 1. The zero-order chi connectivity index (χ0) is 39.9. The summed E-state index contributed by atoms with van der Waals surface area (Å²) in [6.45, 7) is 6.90. The first-order chi connectivity index (χ1) is 27.0. The maximum atomic E-state index is 13.1. The van der Waals surface area contributed by atoms with Gasteiger partial charge < -0.3 is 29.5 Å². The molecular weight excluding hydrogens is 720 g/mol. The van der Waals surface area contributed by atoms with E-state index in [1.54, 1.807) is 48.5 Å². The van der Waals surface area contributed by atoms with E-state index in [0.717, 1.165) is 75.8 Å². The molecule has 2 aromatic rings. The fourth-order valence-corrected chi connectivity index (χ4v) is 7.67. The Hall–Kier alpha value is -4.82. The average molecular weight is 777 g/mol. The van der Waals surface area contributed by atoms with Gasteiger partial charge in [-0.3, -0.25) is 38.6 Å². The highest BCUT2D eigenvalue weighted by atomic mass is 16.5. The third kappa shape index (κ3) is 14.4. The van der Waals surface area contributed by atoms with Gasteiger partial charge in [0.2, 0.25) is 11.8 Å². The highest BCUT2D eigenvalue weighted by molar-refractivity contribution is 5.80. The number of piperidine rings is 2. The van der Waals surface area contributed by atoms with Crippen molar-refractivity contribution in [3.63, 3.8) is 0 Å². The Morgan fingerprint density at radius 3 is 1.09 bits per heavy atom. The number of hydrogen-bond acceptors (Lipinski definition) is 10. The molecule has 3 aliphatic rings. The van der Waals surface area contributed by atoms with Crippen LogP contribution in [0.4, 0.5) is 0 Å². The lowest BCUT2D eigenvalue weighted by Crippen LogP contribution is -2.54. The van der Waals surface area contributed by atoms with E-state index in [4.69, 9.17) is 19.7 Å². The van der Waals surface area contributed by atoms with Crippen molar-refractivity contribution in [1.82, 2.24) is 19.6 Å². The minimum Gasteiger partial charge on any atom is -0.481 e. The summed E-state index contributed by atoms with van der Waals surface area (Å²) < 4.78 is 10.9. The number of rotatable bonds is 18. The molecular formula is C42H56N4O10. The van der Waals surface area contributed by atoms with Crippen LogP contribution in [0.15, 0.2) is 48.5 Å². The van der Waals surface area contributed by atoms with E-state index in [1.165, 1.54) is 0 Å². The van der Waals surface area contributed by atoms with E-state index in [9.17, 15) is 28.8 Å². The van der Waals surface area contributed by atoms with Crippen LogP contribution in [0, 0.1) is 11.8 Å². The van der Waals surface area contributed by atoms with Crippen molar-refractivity contribution in [2.24, 2.45) is 11.8 Å². The van der Waals surface area contributed by atoms with Crippen LogP contribution in [0.25, 0.3) is 0 Å². The Morgan fingerprint density at radius 1 is 0.482 bits per heavy atom. The number of aliphatic carboxylic acids is 2. The first-order valence-corrected chi connectivity index (χ1v) is 19.9. The lowest BCUT2D eigenvalue weighted by Gasteiger charge is -2.38. The maximum absolute atomic E-state index is 13.1. The number of esters is 2. The molecule has 2 amide bonds. The molecule has 0 atom stereocenters. The van der Waals surface area contributed by atoms with Crippen molar-refractivity contribution >= 4 is 35.7 Å². The molecule has 0 spiro atoms. The summed E-state index contributed by atoms with van der Waals surface area (Å²) in [7, 11) is 0. The number of carbonyl (C=O) groups is 6. The quantitative estimate of drug-likeness (QED) is 0.212. The van der Waals surface area contributed by atoms with Crippen LogP contribution in [0.5, 0.6) is 0 Å². The fraction of sp³-hybridized carbons (Fsp3) is 0.571. The molecule has 56 heavy (non-hydrogen) atoms. The summed E-state index contributed by atoms with van der Waals surface area (Å²) in [6, 6.07) is 13.9. The minimum absolute atomic E-state index is 0.0490. The lowest BCUT2D eigenvalue weighted by molar-refractivity contribution is -0.144. The second-order valence-electron chi connectivity index (χ2n) is 15.3. The summed E-state index contributed by atoms with van der Waals surface area (Å²) >= 11 is 0. The number of carboxylic acids is 2. The second kappa shape index (κ2) is 21.5. The first kappa shape index (κ1) is 42.3. The molecule has 2 N–H and O–H groups in total. The van der Waals surface area contributed by atoms with Crippen molar-refractivity contribution < 1.29 is 48.5 Å². The van der Waals surface area contributed by atoms with Crippen LogP contribution >= 0.6 is 0 Å². The molecule has 14 nitrogen and oxygen atoms in total. The van der Waals surface area contributed by atoms with Gasteiger partial charge in [0, 0.05) is 26.2 Å². The number of likely N-dealkylation sites (tertiary alicyclic amines) is 2. The number of carboxylic acid groups (broad SMARTS) is 2. The normalized spacial score (nSPS) is 17.4. The molecule has 304 valence electrons. The Morgan fingerprint density at radius 2 is 0.786 bits per heavy atom. The third-order valence-electron chi connectivity index (χ3n) is 11.1. The zero-order valence-corrected chi connectivity index (χ0v) is 32.3. The zero-order valence-electron chi connectivity index (χ0n) is 32.3. The molecule has 0 aromatic heterocycles. The Kier molecular flexibility index (Phi) is 16.2. The van der Waals surface area contributed by atoms with Gasteiger partial charge >= 0.3 is 23.9 Å². The monoisotopic (exact) mass is 776 g/mol. The Bertz CT molecular complexity index is 1500. The van der Waals surface area contributed by atoms with Gasteiger partial charge in [-0.05, 0) is 98.8 Å². The van der Waals surface area contributed by atoms with E-state index >= 15 is 0 Å².